The van der Waals surface area contributed by atoms with E-state index in [2.05, 4.69) is 10.3 Å². The molecule has 3 N–H and O–H groups in total. The molecule has 3 aromatic rings. The first kappa shape index (κ1) is 17.8. The summed E-state index contributed by atoms with van der Waals surface area (Å²) >= 11 is 1.26. The van der Waals surface area contributed by atoms with Gasteiger partial charge in [0.15, 0.2) is 11.5 Å². The number of methoxy groups -OCH3 is 3. The average Bonchev–Trinajstić information content (AvgIpc) is 2.96. The van der Waals surface area contributed by atoms with Crippen LogP contribution in [0.25, 0.3) is 10.2 Å². The molecule has 0 bridgehead atoms. The van der Waals surface area contributed by atoms with Gasteiger partial charge >= 0.3 is 0 Å². The number of ether oxygens (including phenoxy) is 3. The van der Waals surface area contributed by atoms with Gasteiger partial charge in [-0.2, -0.15) is 0 Å². The summed E-state index contributed by atoms with van der Waals surface area (Å²) in [6.07, 6.45) is 0. The highest BCUT2D eigenvalue weighted by Crippen LogP contribution is 2.40. The SMILES string of the molecule is COc1cc(NC(=O)c2sc3nc(C)ccc3c2N)cc(OC)c1OC. The smallest absolute Gasteiger partial charge is 0.267 e. The minimum absolute atomic E-state index is 0.322. The van der Waals surface area contributed by atoms with Gasteiger partial charge in [0.05, 0.1) is 27.0 Å². The number of anilines is 2. The van der Waals surface area contributed by atoms with Crippen LogP contribution in [0.2, 0.25) is 0 Å². The Morgan fingerprint density at radius 3 is 2.35 bits per heavy atom. The summed E-state index contributed by atoms with van der Waals surface area (Å²) in [4.78, 5) is 18.3. The zero-order chi connectivity index (χ0) is 18.8. The number of carbonyl (C=O) groups excluding carboxylic acids is 1. The molecule has 7 nitrogen and oxygen atoms in total. The number of thiophene rings is 1. The largest absolute Gasteiger partial charge is 0.493 e. The van der Waals surface area contributed by atoms with E-state index in [4.69, 9.17) is 19.9 Å². The number of rotatable bonds is 5. The highest BCUT2D eigenvalue weighted by atomic mass is 32.1. The maximum absolute atomic E-state index is 12.7. The Labute approximate surface area is 154 Å². The van der Waals surface area contributed by atoms with Crippen molar-refractivity contribution in [3.8, 4) is 17.2 Å². The van der Waals surface area contributed by atoms with Gasteiger partial charge < -0.3 is 25.3 Å². The lowest BCUT2D eigenvalue weighted by molar-refractivity contribution is 0.103. The number of nitrogens with zero attached hydrogens (tertiary/aromatic N) is 1. The Morgan fingerprint density at radius 2 is 1.77 bits per heavy atom. The number of hydrogen-bond acceptors (Lipinski definition) is 7. The van der Waals surface area contributed by atoms with Crippen molar-refractivity contribution in [1.29, 1.82) is 0 Å². The summed E-state index contributed by atoms with van der Waals surface area (Å²) in [6.45, 7) is 1.89. The molecule has 1 aromatic carbocycles. The number of benzene rings is 1. The standard InChI is InChI=1S/C18H19N3O4S/c1-9-5-6-11-14(19)16(26-18(11)20-9)17(22)21-10-7-12(23-2)15(25-4)13(8-10)24-3/h5-8H,19H2,1-4H3,(H,21,22). The van der Waals surface area contributed by atoms with Gasteiger partial charge in [0.25, 0.3) is 5.91 Å². The van der Waals surface area contributed by atoms with Gasteiger partial charge in [0, 0.05) is 28.9 Å². The Kier molecular flexibility index (Phi) is 4.85. The molecule has 0 fully saturated rings. The third-order valence-corrected chi connectivity index (χ3v) is 4.98. The molecule has 3 rings (SSSR count). The van der Waals surface area contributed by atoms with Crippen LogP contribution in [-0.2, 0) is 0 Å². The third kappa shape index (κ3) is 3.11. The first-order valence-electron chi connectivity index (χ1n) is 7.75. The third-order valence-electron chi connectivity index (χ3n) is 3.86. The number of nitrogen functional groups attached to an aromatic ring is 1. The van der Waals surface area contributed by atoms with Crippen molar-refractivity contribution in [3.63, 3.8) is 0 Å². The molecule has 0 unspecified atom stereocenters. The van der Waals surface area contributed by atoms with Crippen LogP contribution in [0.3, 0.4) is 0 Å². The summed E-state index contributed by atoms with van der Waals surface area (Å²) in [5.74, 6) is 1.03. The number of hydrogen-bond donors (Lipinski definition) is 2. The predicted octanol–water partition coefficient (Wildman–Crippen LogP) is 3.47. The quantitative estimate of drug-likeness (QED) is 0.711. The van der Waals surface area contributed by atoms with Crippen molar-refractivity contribution in [2.75, 3.05) is 32.4 Å². The number of nitrogens with one attached hydrogen (secondary N) is 1. The fourth-order valence-corrected chi connectivity index (χ4v) is 3.63. The van der Waals surface area contributed by atoms with E-state index in [1.807, 2.05) is 19.1 Å². The van der Waals surface area contributed by atoms with Crippen LogP contribution in [0.1, 0.15) is 15.4 Å². The van der Waals surface area contributed by atoms with E-state index in [0.29, 0.717) is 33.5 Å². The van der Waals surface area contributed by atoms with Crippen LogP contribution in [-0.4, -0.2) is 32.2 Å². The van der Waals surface area contributed by atoms with Crippen LogP contribution < -0.4 is 25.3 Å². The number of carbonyl (C=O) groups is 1. The number of nitrogens with two attached hydrogens (primary N) is 1. The maximum Gasteiger partial charge on any atom is 0.267 e. The minimum Gasteiger partial charge on any atom is -0.493 e. The lowest BCUT2D eigenvalue weighted by Gasteiger charge is -2.14. The van der Waals surface area contributed by atoms with Crippen LogP contribution in [0.15, 0.2) is 24.3 Å². The Balaban J connectivity index is 1.96. The number of fused-ring (bicyclic) bond motifs is 1. The molecule has 1 amide bonds. The Morgan fingerprint density at radius 1 is 1.12 bits per heavy atom. The predicted molar refractivity (Wildman–Crippen MR) is 103 cm³/mol. The van der Waals surface area contributed by atoms with Gasteiger partial charge in [-0.05, 0) is 19.1 Å². The number of aromatic nitrogens is 1. The summed E-state index contributed by atoms with van der Waals surface area (Å²) in [5.41, 5.74) is 7.94. The summed E-state index contributed by atoms with van der Waals surface area (Å²) in [5, 5.41) is 3.60. The summed E-state index contributed by atoms with van der Waals surface area (Å²) in [7, 11) is 4.55. The van der Waals surface area contributed by atoms with Crippen LogP contribution in [0, 0.1) is 6.92 Å². The minimum atomic E-state index is -0.322. The first-order valence-corrected chi connectivity index (χ1v) is 8.57. The molecule has 2 heterocycles. The molecule has 26 heavy (non-hydrogen) atoms. The number of amides is 1. The molecule has 136 valence electrons. The highest BCUT2D eigenvalue weighted by Gasteiger charge is 2.19. The van der Waals surface area contributed by atoms with Crippen LogP contribution >= 0.6 is 11.3 Å². The van der Waals surface area contributed by atoms with Gasteiger partial charge in [-0.1, -0.05) is 0 Å². The van der Waals surface area contributed by atoms with Gasteiger partial charge in [-0.3, -0.25) is 4.79 Å². The summed E-state index contributed by atoms with van der Waals surface area (Å²) < 4.78 is 15.9. The fourth-order valence-electron chi connectivity index (χ4n) is 2.60. The lowest BCUT2D eigenvalue weighted by atomic mass is 10.2. The lowest BCUT2D eigenvalue weighted by Crippen LogP contribution is -2.12. The molecular formula is C18H19N3O4S. The monoisotopic (exact) mass is 373 g/mol. The molecule has 0 atom stereocenters. The van der Waals surface area contributed by atoms with Gasteiger partial charge in [0.1, 0.15) is 9.71 Å². The Bertz CT molecular complexity index is 959. The number of pyridine rings is 1. The van der Waals surface area contributed by atoms with Crippen LogP contribution in [0.4, 0.5) is 11.4 Å². The second-order valence-corrected chi connectivity index (χ2v) is 6.52. The van der Waals surface area contributed by atoms with Crippen molar-refractivity contribution in [3.05, 3.63) is 34.8 Å². The van der Waals surface area contributed by atoms with E-state index in [-0.39, 0.29) is 5.91 Å². The molecule has 0 aliphatic heterocycles. The molecule has 0 saturated carbocycles. The van der Waals surface area contributed by atoms with E-state index >= 15 is 0 Å². The Hall–Kier alpha value is -3.00. The molecule has 0 aliphatic carbocycles. The van der Waals surface area contributed by atoms with Crippen molar-refractivity contribution in [1.82, 2.24) is 4.98 Å². The molecule has 2 aromatic heterocycles. The average molecular weight is 373 g/mol. The second kappa shape index (κ2) is 7.09. The van der Waals surface area contributed by atoms with Gasteiger partial charge in [-0.25, -0.2) is 4.98 Å². The van der Waals surface area contributed by atoms with Crippen LogP contribution in [0.5, 0.6) is 17.2 Å². The van der Waals surface area contributed by atoms with E-state index in [9.17, 15) is 4.79 Å². The van der Waals surface area contributed by atoms with E-state index in [0.717, 1.165) is 15.9 Å². The summed E-state index contributed by atoms with van der Waals surface area (Å²) in [6, 6.07) is 7.06. The normalized spacial score (nSPS) is 10.6. The second-order valence-electron chi connectivity index (χ2n) is 5.52. The fraction of sp³-hybridized carbons (Fsp3) is 0.222. The van der Waals surface area contributed by atoms with E-state index < -0.39 is 0 Å². The molecule has 0 saturated heterocycles. The maximum atomic E-state index is 12.7. The topological polar surface area (TPSA) is 95.7 Å². The van der Waals surface area contributed by atoms with Crippen molar-refractivity contribution >= 4 is 38.8 Å². The zero-order valence-electron chi connectivity index (χ0n) is 14.9. The van der Waals surface area contributed by atoms with Crippen molar-refractivity contribution in [2.24, 2.45) is 0 Å². The molecule has 0 radical (unpaired) electrons. The van der Waals surface area contributed by atoms with E-state index in [1.165, 1.54) is 32.7 Å². The molecular weight excluding hydrogens is 354 g/mol. The molecule has 0 aliphatic rings. The first-order chi connectivity index (χ1) is 12.5. The van der Waals surface area contributed by atoms with Crippen molar-refractivity contribution < 1.29 is 19.0 Å². The zero-order valence-corrected chi connectivity index (χ0v) is 15.7. The highest BCUT2D eigenvalue weighted by molar-refractivity contribution is 7.21. The number of aryl methyl sites for hydroxylation is 1. The van der Waals surface area contributed by atoms with E-state index in [1.54, 1.807) is 12.1 Å². The van der Waals surface area contributed by atoms with Crippen molar-refractivity contribution in [2.45, 2.75) is 6.92 Å². The van der Waals surface area contributed by atoms with Gasteiger partial charge in [0.2, 0.25) is 5.75 Å². The molecule has 0 spiro atoms. The molecule has 8 heteroatoms. The van der Waals surface area contributed by atoms with Gasteiger partial charge in [-0.15, -0.1) is 11.3 Å².